The van der Waals surface area contributed by atoms with E-state index in [1.54, 1.807) is 0 Å². The van der Waals surface area contributed by atoms with Gasteiger partial charge in [0.1, 0.15) is 24.9 Å². The van der Waals surface area contributed by atoms with Gasteiger partial charge in [0, 0.05) is 0 Å². The SMILES string of the molecule is N[C@@H]1C(=O)OC[C@H](O)[C@H]1O. The van der Waals surface area contributed by atoms with Gasteiger partial charge in [-0.05, 0) is 0 Å². The molecule has 0 bridgehead atoms. The number of cyclic esters (lactones) is 1. The zero-order valence-corrected chi connectivity index (χ0v) is 5.23. The standard InChI is InChI=1S/C5H9NO4/c6-3-4(8)2(7)1-10-5(3)9/h2-4,7-8H,1,6H2/t2-,3-,4+/m0/s1. The summed E-state index contributed by atoms with van der Waals surface area (Å²) in [4.78, 5) is 10.5. The van der Waals surface area contributed by atoms with Gasteiger partial charge in [-0.25, -0.2) is 0 Å². The van der Waals surface area contributed by atoms with E-state index in [9.17, 15) is 4.79 Å². The van der Waals surface area contributed by atoms with Crippen molar-refractivity contribution in [3.8, 4) is 0 Å². The topological polar surface area (TPSA) is 92.8 Å². The van der Waals surface area contributed by atoms with E-state index in [1.807, 2.05) is 0 Å². The maximum atomic E-state index is 10.5. The number of esters is 1. The molecule has 0 radical (unpaired) electrons. The van der Waals surface area contributed by atoms with E-state index in [-0.39, 0.29) is 6.61 Å². The Balaban J connectivity index is 2.60. The van der Waals surface area contributed by atoms with Gasteiger partial charge in [-0.15, -0.1) is 0 Å². The minimum atomic E-state index is -1.19. The van der Waals surface area contributed by atoms with Crippen LogP contribution in [-0.4, -0.2) is 41.0 Å². The lowest BCUT2D eigenvalue weighted by Gasteiger charge is -2.27. The molecule has 0 amide bonds. The summed E-state index contributed by atoms with van der Waals surface area (Å²) in [6.07, 6.45) is -2.24. The molecule has 1 aliphatic heterocycles. The highest BCUT2D eigenvalue weighted by Gasteiger charge is 2.35. The Morgan fingerprint density at radius 2 is 2.20 bits per heavy atom. The summed E-state index contributed by atoms with van der Waals surface area (Å²) in [6, 6.07) is -1.11. The summed E-state index contributed by atoms with van der Waals surface area (Å²) in [5, 5.41) is 17.8. The summed E-state index contributed by atoms with van der Waals surface area (Å²) in [5.41, 5.74) is 5.13. The van der Waals surface area contributed by atoms with Crippen molar-refractivity contribution in [3.05, 3.63) is 0 Å². The number of nitrogens with two attached hydrogens (primary N) is 1. The zero-order chi connectivity index (χ0) is 7.72. The summed E-state index contributed by atoms with van der Waals surface area (Å²) < 4.78 is 4.40. The third-order valence-corrected chi connectivity index (χ3v) is 1.43. The van der Waals surface area contributed by atoms with Gasteiger partial charge < -0.3 is 20.7 Å². The molecule has 0 aromatic carbocycles. The first kappa shape index (κ1) is 7.46. The lowest BCUT2D eigenvalue weighted by Crippen LogP contribution is -2.55. The van der Waals surface area contributed by atoms with Gasteiger partial charge in [-0.1, -0.05) is 0 Å². The molecule has 1 saturated heterocycles. The molecule has 1 aliphatic rings. The summed E-state index contributed by atoms with van der Waals surface area (Å²) in [6.45, 7) is -0.173. The monoisotopic (exact) mass is 147 g/mol. The van der Waals surface area contributed by atoms with Gasteiger partial charge in [-0.3, -0.25) is 4.79 Å². The smallest absolute Gasteiger partial charge is 0.325 e. The molecule has 0 aromatic heterocycles. The molecule has 5 nitrogen and oxygen atoms in total. The zero-order valence-electron chi connectivity index (χ0n) is 5.23. The van der Waals surface area contributed by atoms with Crippen LogP contribution in [0.15, 0.2) is 0 Å². The maximum Gasteiger partial charge on any atom is 0.325 e. The van der Waals surface area contributed by atoms with Crippen LogP contribution in [0.3, 0.4) is 0 Å². The second-order valence-corrected chi connectivity index (χ2v) is 2.21. The Morgan fingerprint density at radius 3 is 2.70 bits per heavy atom. The Kier molecular flexibility index (Phi) is 1.89. The molecule has 5 heteroatoms. The fourth-order valence-corrected chi connectivity index (χ4v) is 0.741. The predicted octanol–water partition coefficient (Wildman–Crippen LogP) is -2.41. The van der Waals surface area contributed by atoms with Crippen molar-refractivity contribution in [1.29, 1.82) is 0 Å². The first-order valence-corrected chi connectivity index (χ1v) is 2.91. The molecule has 1 fully saturated rings. The Labute approximate surface area is 57.4 Å². The number of hydrogen-bond donors (Lipinski definition) is 3. The highest BCUT2D eigenvalue weighted by Crippen LogP contribution is 2.07. The predicted molar refractivity (Wildman–Crippen MR) is 30.9 cm³/mol. The number of aliphatic hydroxyl groups is 2. The van der Waals surface area contributed by atoms with Crippen LogP contribution in [0.2, 0.25) is 0 Å². The van der Waals surface area contributed by atoms with E-state index in [1.165, 1.54) is 0 Å². The van der Waals surface area contributed by atoms with Crippen LogP contribution in [-0.2, 0) is 9.53 Å². The molecule has 4 N–H and O–H groups in total. The van der Waals surface area contributed by atoms with Crippen LogP contribution in [0.1, 0.15) is 0 Å². The average Bonchev–Trinajstić information content (AvgIpc) is 1.93. The molecular weight excluding hydrogens is 138 g/mol. The minimum Gasteiger partial charge on any atom is -0.462 e. The van der Waals surface area contributed by atoms with Gasteiger partial charge in [0.05, 0.1) is 0 Å². The number of rotatable bonds is 0. The van der Waals surface area contributed by atoms with E-state index in [0.717, 1.165) is 0 Å². The van der Waals surface area contributed by atoms with Crippen LogP contribution < -0.4 is 5.73 Å². The molecule has 58 valence electrons. The van der Waals surface area contributed by atoms with Gasteiger partial charge in [0.2, 0.25) is 0 Å². The van der Waals surface area contributed by atoms with Crippen molar-refractivity contribution in [1.82, 2.24) is 0 Å². The van der Waals surface area contributed by atoms with Gasteiger partial charge in [0.25, 0.3) is 0 Å². The van der Waals surface area contributed by atoms with Crippen molar-refractivity contribution in [2.45, 2.75) is 18.2 Å². The van der Waals surface area contributed by atoms with Gasteiger partial charge >= 0.3 is 5.97 Å². The first-order valence-electron chi connectivity index (χ1n) is 2.91. The molecule has 1 rings (SSSR count). The second-order valence-electron chi connectivity index (χ2n) is 2.21. The van der Waals surface area contributed by atoms with E-state index in [2.05, 4.69) is 4.74 Å². The molecular formula is C5H9NO4. The Hall–Kier alpha value is -0.650. The fourth-order valence-electron chi connectivity index (χ4n) is 0.741. The first-order chi connectivity index (χ1) is 4.63. The molecule has 0 aliphatic carbocycles. The fraction of sp³-hybridized carbons (Fsp3) is 0.800. The highest BCUT2D eigenvalue weighted by molar-refractivity contribution is 5.77. The lowest BCUT2D eigenvalue weighted by molar-refractivity contribution is -0.166. The van der Waals surface area contributed by atoms with Crippen molar-refractivity contribution < 1.29 is 19.7 Å². The number of ether oxygens (including phenoxy) is 1. The third-order valence-electron chi connectivity index (χ3n) is 1.43. The van der Waals surface area contributed by atoms with Gasteiger partial charge in [0.15, 0.2) is 0 Å². The van der Waals surface area contributed by atoms with E-state index in [0.29, 0.717) is 0 Å². The number of hydrogen-bond acceptors (Lipinski definition) is 5. The number of aliphatic hydroxyl groups excluding tert-OH is 2. The molecule has 10 heavy (non-hydrogen) atoms. The maximum absolute atomic E-state index is 10.5. The lowest BCUT2D eigenvalue weighted by atomic mass is 10.1. The van der Waals surface area contributed by atoms with Crippen LogP contribution in [0.25, 0.3) is 0 Å². The van der Waals surface area contributed by atoms with Crippen molar-refractivity contribution in [3.63, 3.8) is 0 Å². The largest absolute Gasteiger partial charge is 0.462 e. The number of carbonyl (C=O) groups excluding carboxylic acids is 1. The molecule has 0 saturated carbocycles. The summed E-state index contributed by atoms with van der Waals surface area (Å²) in [5.74, 6) is -0.669. The Bertz CT molecular complexity index is 149. The average molecular weight is 147 g/mol. The van der Waals surface area contributed by atoms with Crippen molar-refractivity contribution >= 4 is 5.97 Å². The molecule has 3 atom stereocenters. The van der Waals surface area contributed by atoms with E-state index in [4.69, 9.17) is 15.9 Å². The van der Waals surface area contributed by atoms with Crippen molar-refractivity contribution in [2.24, 2.45) is 5.73 Å². The molecule has 0 spiro atoms. The van der Waals surface area contributed by atoms with Crippen LogP contribution in [0.5, 0.6) is 0 Å². The number of carbonyl (C=O) groups is 1. The normalized spacial score (nSPS) is 41.1. The van der Waals surface area contributed by atoms with Crippen molar-refractivity contribution in [2.75, 3.05) is 6.61 Å². The summed E-state index contributed by atoms with van der Waals surface area (Å²) >= 11 is 0. The second kappa shape index (κ2) is 2.53. The molecule has 0 aromatic rings. The minimum absolute atomic E-state index is 0.173. The molecule has 0 unspecified atom stereocenters. The van der Waals surface area contributed by atoms with Crippen LogP contribution >= 0.6 is 0 Å². The van der Waals surface area contributed by atoms with Gasteiger partial charge in [-0.2, -0.15) is 0 Å². The van der Waals surface area contributed by atoms with Crippen LogP contribution in [0.4, 0.5) is 0 Å². The highest BCUT2D eigenvalue weighted by atomic mass is 16.5. The van der Waals surface area contributed by atoms with E-state index >= 15 is 0 Å². The van der Waals surface area contributed by atoms with Crippen LogP contribution in [0, 0.1) is 0 Å². The summed E-state index contributed by atoms with van der Waals surface area (Å²) in [7, 11) is 0. The quantitative estimate of drug-likeness (QED) is 0.332. The van der Waals surface area contributed by atoms with E-state index < -0.39 is 24.2 Å². The third kappa shape index (κ3) is 1.11. The molecule has 1 heterocycles. The Morgan fingerprint density at radius 1 is 1.60 bits per heavy atom.